The molecule has 0 aliphatic rings. The Hall–Kier alpha value is -9.33. The summed E-state index contributed by atoms with van der Waals surface area (Å²) in [5.74, 6) is 0. The zero-order valence-corrected chi connectivity index (χ0v) is 40.6. The normalized spacial score (nSPS) is 11.9. The maximum atomic E-state index is 16.0. The third-order valence-corrected chi connectivity index (χ3v) is 14.6. The molecule has 0 spiro atoms. The van der Waals surface area contributed by atoms with Crippen LogP contribution in [0.4, 0.5) is 47.3 Å². The van der Waals surface area contributed by atoms with E-state index in [1.54, 1.807) is 60.7 Å². The Kier molecular flexibility index (Phi) is 11.4. The fraction of sp³-hybridized carbons (Fsp3) is 0.0448. The van der Waals surface area contributed by atoms with Crippen LogP contribution in [0.2, 0.25) is 0 Å². The lowest BCUT2D eigenvalue weighted by molar-refractivity contribution is -0.173. The predicted molar refractivity (Wildman–Crippen MR) is 304 cm³/mol. The zero-order chi connectivity index (χ0) is 50.6. The van der Waals surface area contributed by atoms with E-state index in [0.29, 0.717) is 11.4 Å². The average Bonchev–Trinajstić information content (AvgIpc) is 3.97. The SMILES string of the molecule is C=Cc1ccc(N(c2ccc(C(C)(c3ccc(N(c4ccc(C=C)cc4)c4ccc5c(c4)c4ccccc4n5-c4ccccc4)cc3)C(F)(F)F)cc2)c2ccc3c(c2)c2ccccc2n3-c2ccccc2)cc1. The summed E-state index contributed by atoms with van der Waals surface area (Å²) in [5, 5.41) is 4.31. The molecular formula is C67H49F3N4. The van der Waals surface area contributed by atoms with Gasteiger partial charge in [-0.2, -0.15) is 13.2 Å². The maximum absolute atomic E-state index is 16.0. The first kappa shape index (κ1) is 45.8. The number of aromatic nitrogens is 2. The molecule has 0 bridgehead atoms. The van der Waals surface area contributed by atoms with Crippen molar-refractivity contribution in [2.45, 2.75) is 18.5 Å². The van der Waals surface area contributed by atoms with Crippen molar-refractivity contribution in [1.82, 2.24) is 9.13 Å². The van der Waals surface area contributed by atoms with Crippen LogP contribution in [-0.2, 0) is 5.41 Å². The van der Waals surface area contributed by atoms with Crippen molar-refractivity contribution in [3.63, 3.8) is 0 Å². The highest BCUT2D eigenvalue weighted by atomic mass is 19.4. The van der Waals surface area contributed by atoms with Gasteiger partial charge in [-0.25, -0.2) is 0 Å². The summed E-state index contributed by atoms with van der Waals surface area (Å²) in [7, 11) is 0. The highest BCUT2D eigenvalue weighted by Gasteiger charge is 2.53. The number of halogens is 3. The van der Waals surface area contributed by atoms with Crippen molar-refractivity contribution in [2.24, 2.45) is 0 Å². The number of alkyl halides is 3. The Balaban J connectivity index is 0.938. The first-order valence-electron chi connectivity index (χ1n) is 24.6. The van der Waals surface area contributed by atoms with Crippen LogP contribution < -0.4 is 9.80 Å². The van der Waals surface area contributed by atoms with Crippen LogP contribution >= 0.6 is 0 Å². The van der Waals surface area contributed by atoms with Crippen molar-refractivity contribution in [1.29, 1.82) is 0 Å². The minimum atomic E-state index is -4.65. The van der Waals surface area contributed by atoms with E-state index >= 15 is 13.2 Å². The third kappa shape index (κ3) is 7.72. The fourth-order valence-corrected chi connectivity index (χ4v) is 10.7. The first-order valence-corrected chi connectivity index (χ1v) is 24.6. The van der Waals surface area contributed by atoms with Crippen LogP contribution in [0.15, 0.2) is 256 Å². The molecule has 0 fully saturated rings. The summed E-state index contributed by atoms with van der Waals surface area (Å²) in [6.07, 6.45) is -1.06. The Bertz CT molecular complexity index is 3770. The summed E-state index contributed by atoms with van der Waals surface area (Å²) in [5.41, 5.74) is 11.1. The molecule has 2 aromatic heterocycles. The Labute approximate surface area is 428 Å². The van der Waals surface area contributed by atoms with E-state index in [4.69, 9.17) is 0 Å². The number of nitrogens with zero attached hydrogens (tertiary/aromatic N) is 4. The van der Waals surface area contributed by atoms with Gasteiger partial charge in [-0.1, -0.05) is 147 Å². The Morgan fingerprint density at radius 2 is 0.662 bits per heavy atom. The van der Waals surface area contributed by atoms with Gasteiger partial charge >= 0.3 is 6.18 Å². The third-order valence-electron chi connectivity index (χ3n) is 14.6. The largest absolute Gasteiger partial charge is 0.402 e. The molecular weight excluding hydrogens is 918 g/mol. The quantitative estimate of drug-likeness (QED) is 0.121. The number of hydrogen-bond donors (Lipinski definition) is 0. The van der Waals surface area contributed by atoms with Gasteiger partial charge in [-0.3, -0.25) is 0 Å². The lowest BCUT2D eigenvalue weighted by Gasteiger charge is -2.34. The highest BCUT2D eigenvalue weighted by Crippen LogP contribution is 2.49. The smallest absolute Gasteiger partial charge is 0.310 e. The van der Waals surface area contributed by atoms with Crippen molar-refractivity contribution < 1.29 is 13.2 Å². The molecule has 0 unspecified atom stereocenters. The van der Waals surface area contributed by atoms with Crippen molar-refractivity contribution >= 4 is 89.9 Å². The van der Waals surface area contributed by atoms with E-state index < -0.39 is 11.6 Å². The molecule has 74 heavy (non-hydrogen) atoms. The second kappa shape index (κ2) is 18.4. The number of para-hydroxylation sites is 4. The van der Waals surface area contributed by atoms with Crippen LogP contribution in [0.25, 0.3) is 67.1 Å². The minimum Gasteiger partial charge on any atom is -0.310 e. The molecule has 0 aliphatic heterocycles. The first-order chi connectivity index (χ1) is 36.1. The van der Waals surface area contributed by atoms with Crippen molar-refractivity contribution in [3.8, 4) is 11.4 Å². The molecule has 7 heteroatoms. The molecule has 2 heterocycles. The van der Waals surface area contributed by atoms with Crippen LogP contribution in [0.3, 0.4) is 0 Å². The molecule has 0 aliphatic carbocycles. The molecule has 10 aromatic carbocycles. The molecule has 0 N–H and O–H groups in total. The average molecular weight is 967 g/mol. The summed E-state index contributed by atoms with van der Waals surface area (Å²) in [4.78, 5) is 4.19. The highest BCUT2D eigenvalue weighted by molar-refractivity contribution is 6.12. The number of rotatable bonds is 12. The zero-order valence-electron chi connectivity index (χ0n) is 40.6. The summed E-state index contributed by atoms with van der Waals surface area (Å²) in [6, 6.07) is 79.8. The molecule has 358 valence electrons. The lowest BCUT2D eigenvalue weighted by atomic mass is 9.75. The topological polar surface area (TPSA) is 16.3 Å². The lowest BCUT2D eigenvalue weighted by Crippen LogP contribution is -2.40. The van der Waals surface area contributed by atoms with E-state index in [9.17, 15) is 0 Å². The van der Waals surface area contributed by atoms with Gasteiger partial charge in [0.1, 0.15) is 5.41 Å². The van der Waals surface area contributed by atoms with E-state index in [-0.39, 0.29) is 11.1 Å². The molecule has 0 atom stereocenters. The molecule has 0 amide bonds. The molecule has 0 saturated heterocycles. The summed E-state index contributed by atoms with van der Waals surface area (Å²) >= 11 is 0. The van der Waals surface area contributed by atoms with Crippen molar-refractivity contribution in [2.75, 3.05) is 9.80 Å². The summed E-state index contributed by atoms with van der Waals surface area (Å²) in [6.45, 7) is 9.18. The predicted octanol–water partition coefficient (Wildman–Crippen LogP) is 19.0. The second-order valence-corrected chi connectivity index (χ2v) is 18.8. The standard InChI is InChI=1S/C67H49F3N4/c1-4-46-24-32-52(33-25-46)71(56-40-42-64-60(44-56)58-20-12-14-22-62(58)73(64)50-16-8-6-9-17-50)54-36-28-48(29-37-54)66(3,67(68,69)70)49-30-38-55(39-31-49)72(53-34-26-47(5-2)27-35-53)57-41-43-65-61(45-57)59-21-13-15-23-63(59)74(65)51-18-10-7-11-19-51/h4-45H,1-2H2,3H3. The van der Waals surface area contributed by atoms with Gasteiger partial charge in [0.2, 0.25) is 0 Å². The van der Waals surface area contributed by atoms with Gasteiger partial charge < -0.3 is 18.9 Å². The van der Waals surface area contributed by atoms with Gasteiger partial charge in [0.15, 0.2) is 0 Å². The number of benzene rings is 10. The van der Waals surface area contributed by atoms with Crippen molar-refractivity contribution in [3.05, 3.63) is 278 Å². The van der Waals surface area contributed by atoms with E-state index in [2.05, 4.69) is 117 Å². The van der Waals surface area contributed by atoms with Crippen LogP contribution in [0.1, 0.15) is 29.2 Å². The van der Waals surface area contributed by atoms with Gasteiger partial charge in [0.25, 0.3) is 0 Å². The molecule has 0 radical (unpaired) electrons. The number of fused-ring (bicyclic) bond motifs is 6. The van der Waals surface area contributed by atoms with Gasteiger partial charge in [-0.05, 0) is 151 Å². The monoisotopic (exact) mass is 966 g/mol. The van der Waals surface area contributed by atoms with E-state index in [0.717, 1.165) is 88.9 Å². The maximum Gasteiger partial charge on any atom is 0.402 e. The molecule has 0 saturated carbocycles. The molecule has 4 nitrogen and oxygen atoms in total. The van der Waals surface area contributed by atoms with E-state index in [1.165, 1.54) is 6.92 Å². The summed E-state index contributed by atoms with van der Waals surface area (Å²) < 4.78 is 52.4. The van der Waals surface area contributed by atoms with Gasteiger partial charge in [-0.15, -0.1) is 0 Å². The van der Waals surface area contributed by atoms with Crippen LogP contribution in [-0.4, -0.2) is 15.3 Å². The van der Waals surface area contributed by atoms with Gasteiger partial charge in [0, 0.05) is 67.0 Å². The fourth-order valence-electron chi connectivity index (χ4n) is 10.7. The second-order valence-electron chi connectivity index (χ2n) is 18.8. The minimum absolute atomic E-state index is 0.127. The van der Waals surface area contributed by atoms with E-state index in [1.807, 2.05) is 109 Å². The van der Waals surface area contributed by atoms with Crippen LogP contribution in [0.5, 0.6) is 0 Å². The van der Waals surface area contributed by atoms with Gasteiger partial charge in [0.05, 0.1) is 22.1 Å². The number of hydrogen-bond acceptors (Lipinski definition) is 2. The Morgan fingerprint density at radius 1 is 0.351 bits per heavy atom. The molecule has 12 aromatic rings. The number of anilines is 6. The Morgan fingerprint density at radius 3 is 1.01 bits per heavy atom. The molecule has 12 rings (SSSR count). The van der Waals surface area contributed by atoms with Crippen LogP contribution in [0, 0.1) is 0 Å².